The molecular formula is C43H44N8O6S2. The van der Waals surface area contributed by atoms with Crippen molar-refractivity contribution in [3.63, 3.8) is 0 Å². The third-order valence-corrected chi connectivity index (χ3v) is 14.2. The van der Waals surface area contributed by atoms with Crippen LogP contribution in [0.2, 0.25) is 0 Å². The summed E-state index contributed by atoms with van der Waals surface area (Å²) in [4.78, 5) is 51.8. The number of benzene rings is 3. The highest BCUT2D eigenvalue weighted by molar-refractivity contribution is 7.85. The van der Waals surface area contributed by atoms with E-state index >= 15 is 0 Å². The van der Waals surface area contributed by atoms with E-state index in [-0.39, 0.29) is 30.0 Å². The van der Waals surface area contributed by atoms with Crippen LogP contribution in [0, 0.1) is 0 Å². The molecule has 304 valence electrons. The fourth-order valence-electron chi connectivity index (χ4n) is 8.56. The average Bonchev–Trinajstić information content (AvgIpc) is 3.93. The first-order valence-corrected chi connectivity index (χ1v) is 22.3. The number of carbonyl (C=O) groups excluding carboxylic acids is 1. The second kappa shape index (κ2) is 16.1. The van der Waals surface area contributed by atoms with Gasteiger partial charge >= 0.3 is 5.69 Å². The zero-order valence-corrected chi connectivity index (χ0v) is 34.7. The van der Waals surface area contributed by atoms with Crippen LogP contribution in [0.25, 0.3) is 20.7 Å². The summed E-state index contributed by atoms with van der Waals surface area (Å²) < 4.78 is 27.7. The number of amides is 1. The highest BCUT2D eigenvalue weighted by Crippen LogP contribution is 2.42. The quantitative estimate of drug-likeness (QED) is 0.179. The molecular weight excluding hydrogens is 789 g/mol. The van der Waals surface area contributed by atoms with E-state index in [1.165, 1.54) is 20.7 Å². The Bertz CT molecular complexity index is 2730. The minimum atomic E-state index is -0.910. The van der Waals surface area contributed by atoms with E-state index in [2.05, 4.69) is 15.4 Å². The summed E-state index contributed by atoms with van der Waals surface area (Å²) in [5.74, 6) is 2.73. The van der Waals surface area contributed by atoms with Crippen molar-refractivity contribution in [1.82, 2.24) is 34.2 Å². The number of aromatic nitrogens is 6. The zero-order valence-electron chi connectivity index (χ0n) is 33.1. The highest BCUT2D eigenvalue weighted by atomic mass is 32.2. The predicted octanol–water partition coefficient (Wildman–Crippen LogP) is 5.29. The van der Waals surface area contributed by atoms with Gasteiger partial charge in [-0.3, -0.25) is 27.9 Å². The molecule has 3 aromatic carbocycles. The lowest BCUT2D eigenvalue weighted by Crippen LogP contribution is -2.46. The van der Waals surface area contributed by atoms with Crippen molar-refractivity contribution >= 4 is 44.0 Å². The van der Waals surface area contributed by atoms with Crippen molar-refractivity contribution in [2.45, 2.75) is 64.2 Å². The van der Waals surface area contributed by atoms with Crippen molar-refractivity contribution in [2.75, 3.05) is 38.3 Å². The van der Waals surface area contributed by atoms with Gasteiger partial charge in [0.05, 0.1) is 44.1 Å². The Morgan fingerprint density at radius 2 is 1.73 bits per heavy atom. The van der Waals surface area contributed by atoms with Gasteiger partial charge in [0, 0.05) is 68.9 Å². The van der Waals surface area contributed by atoms with Crippen LogP contribution in [0.5, 0.6) is 11.5 Å². The molecule has 59 heavy (non-hydrogen) atoms. The standard InChI is InChI=1S/C43H44N8O6S2/c1-4-50-46-38(45-47-50)24-49-34-23-37(26-9-7-6-8-10-26)58-40(34)42(53)51(43(49)54)29-15-18-48(19-16-29)41(52)28-13-11-27(12-14-28)39-31-22-35(56-3)36(57-5-2)21-30(31)32-25-59(55)20-17-33(32)44-39/h6-14,21-23,29,32-33H,4-5,15-20,24-25H2,1-3H3/t32-,33-,59?/m1/s1. The van der Waals surface area contributed by atoms with Crippen molar-refractivity contribution in [3.05, 3.63) is 122 Å². The van der Waals surface area contributed by atoms with Gasteiger partial charge in [-0.05, 0) is 79.8 Å². The number of rotatable bonds is 10. The van der Waals surface area contributed by atoms with Gasteiger partial charge < -0.3 is 14.4 Å². The van der Waals surface area contributed by atoms with Gasteiger partial charge in [0.1, 0.15) is 4.70 Å². The summed E-state index contributed by atoms with van der Waals surface area (Å²) >= 11 is 1.37. The molecule has 1 amide bonds. The summed E-state index contributed by atoms with van der Waals surface area (Å²) in [6, 6.07) is 22.8. The van der Waals surface area contributed by atoms with E-state index in [4.69, 9.17) is 14.5 Å². The largest absolute Gasteiger partial charge is 0.493 e. The Morgan fingerprint density at radius 3 is 2.44 bits per heavy atom. The smallest absolute Gasteiger partial charge is 0.332 e. The van der Waals surface area contributed by atoms with Crippen molar-refractivity contribution in [3.8, 4) is 21.9 Å². The van der Waals surface area contributed by atoms with Crippen LogP contribution in [0.15, 0.2) is 87.4 Å². The number of nitrogens with zero attached hydrogens (tertiary/aromatic N) is 8. The molecule has 3 aromatic heterocycles. The normalized spacial score (nSPS) is 19.3. The van der Waals surface area contributed by atoms with Crippen LogP contribution in [0.3, 0.4) is 0 Å². The molecule has 0 aliphatic carbocycles. The minimum absolute atomic E-state index is 0.00265. The number of fused-ring (bicyclic) bond motifs is 4. The van der Waals surface area contributed by atoms with E-state index in [0.717, 1.165) is 39.3 Å². The first kappa shape index (κ1) is 38.8. The van der Waals surface area contributed by atoms with Crippen molar-refractivity contribution < 1.29 is 18.5 Å². The monoisotopic (exact) mass is 832 g/mol. The number of thiophene rings is 1. The molecule has 0 N–H and O–H groups in total. The number of aryl methyl sites for hydroxylation is 1. The maximum atomic E-state index is 14.3. The summed E-state index contributed by atoms with van der Waals surface area (Å²) in [6.45, 7) is 5.70. The maximum absolute atomic E-state index is 14.3. The molecule has 1 unspecified atom stereocenters. The molecule has 0 bridgehead atoms. The Hall–Kier alpha value is -5.74. The van der Waals surface area contributed by atoms with Crippen molar-refractivity contribution in [1.29, 1.82) is 0 Å². The molecule has 2 saturated heterocycles. The van der Waals surface area contributed by atoms with Gasteiger partial charge in [-0.25, -0.2) is 4.79 Å². The van der Waals surface area contributed by atoms with Crippen LogP contribution in [0.1, 0.15) is 77.9 Å². The van der Waals surface area contributed by atoms with Gasteiger partial charge in [-0.15, -0.1) is 21.5 Å². The summed E-state index contributed by atoms with van der Waals surface area (Å²) in [7, 11) is 0.705. The third kappa shape index (κ3) is 7.22. The summed E-state index contributed by atoms with van der Waals surface area (Å²) in [6.07, 6.45) is 1.62. The van der Waals surface area contributed by atoms with Crippen LogP contribution in [-0.2, 0) is 23.9 Å². The number of tetrazole rings is 1. The predicted molar refractivity (Wildman–Crippen MR) is 228 cm³/mol. The van der Waals surface area contributed by atoms with Crippen LogP contribution in [-0.4, -0.2) is 94.4 Å². The van der Waals surface area contributed by atoms with Gasteiger partial charge in [-0.2, -0.15) is 4.80 Å². The van der Waals surface area contributed by atoms with Gasteiger partial charge in [-0.1, -0.05) is 42.5 Å². The van der Waals surface area contributed by atoms with Gasteiger partial charge in [0.2, 0.25) is 0 Å². The number of ether oxygens (including phenoxy) is 2. The fraction of sp³-hybridized carbons (Fsp3) is 0.372. The molecule has 6 heterocycles. The molecule has 16 heteroatoms. The van der Waals surface area contributed by atoms with E-state index in [0.29, 0.717) is 83.7 Å². The third-order valence-electron chi connectivity index (χ3n) is 11.6. The maximum Gasteiger partial charge on any atom is 0.332 e. The van der Waals surface area contributed by atoms with Gasteiger partial charge in [0.15, 0.2) is 17.3 Å². The number of methoxy groups -OCH3 is 1. The highest BCUT2D eigenvalue weighted by Gasteiger charge is 2.37. The SMILES string of the molecule is CCOc1cc2c(cc1OC)C(c1ccc(C(=O)N3CCC(n4c(=O)c5sc(-c6ccccc6)cc5n(Cc5nnn(CC)n5)c4=O)CC3)cc1)=N[C@@H]1CCS(=O)C[C@H]21. The van der Waals surface area contributed by atoms with E-state index in [9.17, 15) is 18.6 Å². The first-order valence-electron chi connectivity index (χ1n) is 20.0. The topological polar surface area (TPSA) is 156 Å². The summed E-state index contributed by atoms with van der Waals surface area (Å²) in [5, 5.41) is 12.7. The Morgan fingerprint density at radius 1 is 0.949 bits per heavy atom. The molecule has 0 radical (unpaired) electrons. The minimum Gasteiger partial charge on any atom is -0.493 e. The molecule has 0 spiro atoms. The van der Waals surface area contributed by atoms with Crippen LogP contribution < -0.4 is 20.7 Å². The Balaban J connectivity index is 0.968. The Labute approximate surface area is 346 Å². The zero-order chi connectivity index (χ0) is 40.8. The molecule has 9 rings (SSSR count). The lowest BCUT2D eigenvalue weighted by molar-refractivity contribution is 0.0691. The second-order valence-electron chi connectivity index (χ2n) is 15.0. The molecule has 3 aliphatic rings. The van der Waals surface area contributed by atoms with E-state index in [1.54, 1.807) is 16.6 Å². The number of hydrogen-bond acceptors (Lipinski definition) is 11. The van der Waals surface area contributed by atoms with Gasteiger partial charge in [0.25, 0.3) is 11.5 Å². The lowest BCUT2D eigenvalue weighted by atomic mass is 9.81. The average molecular weight is 833 g/mol. The van der Waals surface area contributed by atoms with Crippen LogP contribution >= 0.6 is 11.3 Å². The number of piperidine rings is 1. The second-order valence-corrected chi connectivity index (χ2v) is 17.7. The number of hydrogen-bond donors (Lipinski definition) is 0. The number of carbonyl (C=O) groups is 1. The van der Waals surface area contributed by atoms with Crippen molar-refractivity contribution in [2.24, 2.45) is 4.99 Å². The summed E-state index contributed by atoms with van der Waals surface area (Å²) in [5.41, 5.74) is 4.94. The molecule has 14 nitrogen and oxygen atoms in total. The number of likely N-dealkylation sites (tertiary alicyclic amines) is 1. The van der Waals surface area contributed by atoms with Crippen LogP contribution in [0.4, 0.5) is 0 Å². The first-order chi connectivity index (χ1) is 28.7. The molecule has 0 saturated carbocycles. The fourth-order valence-corrected chi connectivity index (χ4v) is 11.1. The molecule has 3 aliphatic heterocycles. The molecule has 3 atom stereocenters. The Kier molecular flexibility index (Phi) is 10.6. The molecule has 6 aromatic rings. The van der Waals surface area contributed by atoms with E-state index < -0.39 is 22.5 Å². The number of aliphatic imine (C=N–C) groups is 1. The van der Waals surface area contributed by atoms with E-state index in [1.807, 2.05) is 86.6 Å². The molecule has 2 fully saturated rings. The lowest BCUT2D eigenvalue weighted by Gasteiger charge is -2.35.